The molecule has 2 aliphatic rings. The predicted octanol–water partition coefficient (Wildman–Crippen LogP) is 3.50. The summed E-state index contributed by atoms with van der Waals surface area (Å²) in [6.07, 6.45) is 3.15. The van der Waals surface area contributed by atoms with Crippen molar-refractivity contribution in [3.05, 3.63) is 17.6 Å². The summed E-state index contributed by atoms with van der Waals surface area (Å²) >= 11 is 0. The first-order chi connectivity index (χ1) is 11.4. The van der Waals surface area contributed by atoms with Crippen LogP contribution in [0.5, 0.6) is 0 Å². The van der Waals surface area contributed by atoms with Crippen LogP contribution in [0.2, 0.25) is 0 Å². The molecule has 1 aliphatic heterocycles. The molecule has 1 saturated carbocycles. The van der Waals surface area contributed by atoms with E-state index in [0.29, 0.717) is 17.8 Å². The predicted molar refractivity (Wildman–Crippen MR) is 94.2 cm³/mol. The normalized spacial score (nSPS) is 26.3. The summed E-state index contributed by atoms with van der Waals surface area (Å²) in [6, 6.07) is 2.10. The number of carbonyl (C=O) groups excluding carboxylic acids is 1. The molecule has 2 fully saturated rings. The van der Waals surface area contributed by atoms with Crippen LogP contribution >= 0.6 is 0 Å². The van der Waals surface area contributed by atoms with E-state index in [-0.39, 0.29) is 11.4 Å². The third-order valence-corrected chi connectivity index (χ3v) is 5.64. The highest BCUT2D eigenvalue weighted by atomic mass is 16.5. The van der Waals surface area contributed by atoms with Gasteiger partial charge >= 0.3 is 5.97 Å². The smallest absolute Gasteiger partial charge is 0.313 e. The number of methoxy groups -OCH3 is 1. The molecule has 24 heavy (non-hydrogen) atoms. The summed E-state index contributed by atoms with van der Waals surface area (Å²) in [4.78, 5) is 24.3. The molecular formula is C19H29N3O2. The molecule has 3 rings (SSSR count). The second kappa shape index (κ2) is 6.34. The first-order valence-electron chi connectivity index (χ1n) is 9.09. The molecule has 2 unspecified atom stereocenters. The Morgan fingerprint density at radius 2 is 2.04 bits per heavy atom. The molecule has 0 bridgehead atoms. The standard InChI is InChI=1S/C19H29N3O2/c1-12(2)15-9-16(21-17(20-15)13(3)4)22-10-14-7-6-8-19(14,11-22)18(23)24-5/h9,12-14H,6-8,10-11H2,1-5H3. The molecule has 0 aromatic carbocycles. The highest BCUT2D eigenvalue weighted by Gasteiger charge is 2.55. The zero-order valence-corrected chi connectivity index (χ0v) is 15.5. The lowest BCUT2D eigenvalue weighted by Gasteiger charge is -2.26. The van der Waals surface area contributed by atoms with E-state index in [9.17, 15) is 4.79 Å². The van der Waals surface area contributed by atoms with Crippen LogP contribution in [-0.2, 0) is 9.53 Å². The number of anilines is 1. The quantitative estimate of drug-likeness (QED) is 0.790. The molecule has 1 aliphatic carbocycles. The Labute approximate surface area is 144 Å². The SMILES string of the molecule is COC(=O)C12CCCC1CN(c1cc(C(C)C)nc(C(C)C)n1)C2. The molecule has 0 N–H and O–H groups in total. The highest BCUT2D eigenvalue weighted by molar-refractivity contribution is 5.79. The minimum atomic E-state index is -0.338. The fourth-order valence-electron chi connectivity index (χ4n) is 4.19. The lowest BCUT2D eigenvalue weighted by Crippen LogP contribution is -2.37. The van der Waals surface area contributed by atoms with Gasteiger partial charge in [-0.2, -0.15) is 0 Å². The number of nitrogens with zero attached hydrogens (tertiary/aromatic N) is 3. The van der Waals surface area contributed by atoms with Crippen molar-refractivity contribution in [2.75, 3.05) is 25.1 Å². The fourth-order valence-corrected chi connectivity index (χ4v) is 4.19. The maximum absolute atomic E-state index is 12.5. The first-order valence-corrected chi connectivity index (χ1v) is 9.09. The molecule has 2 heterocycles. The van der Waals surface area contributed by atoms with E-state index in [1.807, 2.05) is 0 Å². The molecule has 0 spiro atoms. The average molecular weight is 331 g/mol. The number of hydrogen-bond donors (Lipinski definition) is 0. The average Bonchev–Trinajstić information content (AvgIpc) is 3.11. The van der Waals surface area contributed by atoms with E-state index in [0.717, 1.165) is 49.7 Å². The minimum Gasteiger partial charge on any atom is -0.469 e. The van der Waals surface area contributed by atoms with Gasteiger partial charge in [-0.05, 0) is 24.7 Å². The largest absolute Gasteiger partial charge is 0.469 e. The number of aromatic nitrogens is 2. The van der Waals surface area contributed by atoms with Crippen LogP contribution in [0.25, 0.3) is 0 Å². The van der Waals surface area contributed by atoms with Gasteiger partial charge in [0, 0.05) is 30.8 Å². The van der Waals surface area contributed by atoms with Gasteiger partial charge in [0.25, 0.3) is 0 Å². The van der Waals surface area contributed by atoms with Crippen molar-refractivity contribution in [1.29, 1.82) is 0 Å². The maximum atomic E-state index is 12.5. The van der Waals surface area contributed by atoms with Gasteiger partial charge < -0.3 is 9.64 Å². The summed E-state index contributed by atoms with van der Waals surface area (Å²) in [7, 11) is 1.51. The molecule has 0 radical (unpaired) electrons. The Hall–Kier alpha value is -1.65. The van der Waals surface area contributed by atoms with Crippen molar-refractivity contribution in [2.24, 2.45) is 11.3 Å². The van der Waals surface area contributed by atoms with Crippen LogP contribution in [0, 0.1) is 11.3 Å². The molecule has 132 valence electrons. The summed E-state index contributed by atoms with van der Waals surface area (Å²) in [5.74, 6) is 2.84. The monoisotopic (exact) mass is 331 g/mol. The topological polar surface area (TPSA) is 55.3 Å². The zero-order chi connectivity index (χ0) is 17.5. The molecule has 0 amide bonds. The van der Waals surface area contributed by atoms with E-state index >= 15 is 0 Å². The Balaban J connectivity index is 1.94. The van der Waals surface area contributed by atoms with E-state index in [2.05, 4.69) is 38.7 Å². The molecule has 5 heteroatoms. The maximum Gasteiger partial charge on any atom is 0.313 e. The van der Waals surface area contributed by atoms with E-state index in [1.54, 1.807) is 0 Å². The minimum absolute atomic E-state index is 0.0466. The van der Waals surface area contributed by atoms with Crippen LogP contribution in [0.1, 0.15) is 70.3 Å². The molecule has 2 atom stereocenters. The summed E-state index contributed by atoms with van der Waals surface area (Å²) < 4.78 is 5.15. The van der Waals surface area contributed by atoms with Crippen molar-refractivity contribution in [1.82, 2.24) is 9.97 Å². The number of fused-ring (bicyclic) bond motifs is 1. The van der Waals surface area contributed by atoms with E-state index in [1.165, 1.54) is 7.11 Å². The number of ether oxygens (including phenoxy) is 1. The Kier molecular flexibility index (Phi) is 4.54. The number of carbonyl (C=O) groups is 1. The second-order valence-electron chi connectivity index (χ2n) is 7.94. The second-order valence-corrected chi connectivity index (χ2v) is 7.94. The number of esters is 1. The summed E-state index contributed by atoms with van der Waals surface area (Å²) in [6.45, 7) is 10.2. The van der Waals surface area contributed by atoms with Crippen LogP contribution in [0.4, 0.5) is 5.82 Å². The van der Waals surface area contributed by atoms with Gasteiger partial charge in [-0.1, -0.05) is 34.1 Å². The molecule has 1 saturated heterocycles. The Bertz CT molecular complexity index is 603. The summed E-state index contributed by atoms with van der Waals surface area (Å²) in [5.41, 5.74) is 0.739. The van der Waals surface area contributed by atoms with Crippen LogP contribution in [0.3, 0.4) is 0 Å². The van der Waals surface area contributed by atoms with Gasteiger partial charge in [-0.3, -0.25) is 4.79 Å². The third kappa shape index (κ3) is 2.78. The van der Waals surface area contributed by atoms with Crippen molar-refractivity contribution in [3.63, 3.8) is 0 Å². The molecular weight excluding hydrogens is 302 g/mol. The number of rotatable bonds is 4. The fraction of sp³-hybridized carbons (Fsp3) is 0.737. The van der Waals surface area contributed by atoms with Crippen LogP contribution in [0.15, 0.2) is 6.07 Å². The third-order valence-electron chi connectivity index (χ3n) is 5.64. The van der Waals surface area contributed by atoms with Gasteiger partial charge in [0.05, 0.1) is 12.5 Å². The lowest BCUT2D eigenvalue weighted by atomic mass is 9.81. The van der Waals surface area contributed by atoms with E-state index < -0.39 is 0 Å². The van der Waals surface area contributed by atoms with Gasteiger partial charge in [-0.25, -0.2) is 9.97 Å². The van der Waals surface area contributed by atoms with Gasteiger partial charge in [0.1, 0.15) is 11.6 Å². The molecule has 1 aromatic heterocycles. The van der Waals surface area contributed by atoms with Gasteiger partial charge in [0.15, 0.2) is 0 Å². The zero-order valence-electron chi connectivity index (χ0n) is 15.5. The number of hydrogen-bond acceptors (Lipinski definition) is 5. The van der Waals surface area contributed by atoms with Gasteiger partial charge in [0.2, 0.25) is 0 Å². The van der Waals surface area contributed by atoms with Gasteiger partial charge in [-0.15, -0.1) is 0 Å². The van der Waals surface area contributed by atoms with Crippen LogP contribution < -0.4 is 4.90 Å². The lowest BCUT2D eigenvalue weighted by molar-refractivity contribution is -0.152. The Morgan fingerprint density at radius 1 is 1.29 bits per heavy atom. The summed E-state index contributed by atoms with van der Waals surface area (Å²) in [5, 5.41) is 0. The van der Waals surface area contributed by atoms with Crippen molar-refractivity contribution < 1.29 is 9.53 Å². The van der Waals surface area contributed by atoms with Crippen molar-refractivity contribution >= 4 is 11.8 Å². The van der Waals surface area contributed by atoms with Crippen molar-refractivity contribution in [2.45, 2.75) is 58.8 Å². The first kappa shape index (κ1) is 17.2. The Morgan fingerprint density at radius 3 is 2.67 bits per heavy atom. The molecule has 5 nitrogen and oxygen atoms in total. The highest BCUT2D eigenvalue weighted by Crippen LogP contribution is 2.50. The van der Waals surface area contributed by atoms with Crippen molar-refractivity contribution in [3.8, 4) is 0 Å². The molecule has 1 aromatic rings. The van der Waals surface area contributed by atoms with E-state index in [4.69, 9.17) is 14.7 Å². The van der Waals surface area contributed by atoms with Crippen LogP contribution in [-0.4, -0.2) is 36.1 Å².